The first kappa shape index (κ1) is 11.2. The molecule has 0 aliphatic rings. The van der Waals surface area contributed by atoms with Gasteiger partial charge >= 0.3 is 0 Å². The number of aldehydes is 1. The van der Waals surface area contributed by atoms with Crippen molar-refractivity contribution in [2.24, 2.45) is 5.10 Å². The summed E-state index contributed by atoms with van der Waals surface area (Å²) in [6, 6.07) is 9.79. The number of rotatable bonds is 4. The zero-order valence-electron chi connectivity index (χ0n) is 8.92. The van der Waals surface area contributed by atoms with E-state index in [-0.39, 0.29) is 0 Å². The second-order valence-electron chi connectivity index (χ2n) is 3.15. The van der Waals surface area contributed by atoms with Crippen LogP contribution in [-0.2, 0) is 4.79 Å². The van der Waals surface area contributed by atoms with Crippen molar-refractivity contribution in [2.45, 2.75) is 6.92 Å². The summed E-state index contributed by atoms with van der Waals surface area (Å²) in [5.41, 5.74) is 1.66. The third kappa shape index (κ3) is 3.77. The smallest absolute Gasteiger partial charge is 0.145 e. The first-order chi connectivity index (χ1) is 7.24. The maximum absolute atomic E-state index is 10.3. The van der Waals surface area contributed by atoms with Crippen LogP contribution >= 0.6 is 0 Å². The van der Waals surface area contributed by atoms with Crippen LogP contribution in [-0.4, -0.2) is 19.5 Å². The second-order valence-corrected chi connectivity index (χ2v) is 3.15. The highest BCUT2D eigenvalue weighted by Crippen LogP contribution is 2.10. The Morgan fingerprint density at radius 2 is 2.00 bits per heavy atom. The Kier molecular flexibility index (Phi) is 4.29. The topological polar surface area (TPSA) is 32.7 Å². The van der Waals surface area contributed by atoms with Crippen molar-refractivity contribution < 1.29 is 4.79 Å². The number of nitrogens with zero attached hydrogens (tertiary/aromatic N) is 2. The van der Waals surface area contributed by atoms with E-state index < -0.39 is 0 Å². The fourth-order valence-electron chi connectivity index (χ4n) is 1.00. The maximum atomic E-state index is 10.3. The number of allylic oxidation sites excluding steroid dienone is 2. The van der Waals surface area contributed by atoms with Crippen molar-refractivity contribution in [1.29, 1.82) is 0 Å². The SMILES string of the molecule is CC(C=O)=CC=NN(C)c1ccccc1. The van der Waals surface area contributed by atoms with Crippen LogP contribution < -0.4 is 5.01 Å². The average Bonchev–Trinajstić information content (AvgIpc) is 2.29. The Morgan fingerprint density at radius 1 is 1.33 bits per heavy atom. The van der Waals surface area contributed by atoms with Crippen molar-refractivity contribution in [2.75, 3.05) is 12.1 Å². The molecule has 0 spiro atoms. The third-order valence-corrected chi connectivity index (χ3v) is 1.89. The van der Waals surface area contributed by atoms with Crippen LogP contribution in [0.3, 0.4) is 0 Å². The molecule has 0 amide bonds. The lowest BCUT2D eigenvalue weighted by Gasteiger charge is -2.11. The van der Waals surface area contributed by atoms with E-state index in [0.717, 1.165) is 12.0 Å². The molecule has 0 fully saturated rings. The molecule has 0 radical (unpaired) electrons. The summed E-state index contributed by atoms with van der Waals surface area (Å²) in [6.07, 6.45) is 4.08. The summed E-state index contributed by atoms with van der Waals surface area (Å²) in [5.74, 6) is 0. The van der Waals surface area contributed by atoms with E-state index in [4.69, 9.17) is 0 Å². The van der Waals surface area contributed by atoms with Gasteiger partial charge in [0.05, 0.1) is 5.69 Å². The largest absolute Gasteiger partial charge is 0.298 e. The normalized spacial score (nSPS) is 11.7. The lowest BCUT2D eigenvalue weighted by molar-refractivity contribution is -0.104. The number of hydrogen-bond acceptors (Lipinski definition) is 3. The number of hydrazone groups is 1. The third-order valence-electron chi connectivity index (χ3n) is 1.89. The molecule has 0 saturated carbocycles. The van der Waals surface area contributed by atoms with Crippen molar-refractivity contribution in [3.63, 3.8) is 0 Å². The number of anilines is 1. The molecule has 0 N–H and O–H groups in total. The van der Waals surface area contributed by atoms with Gasteiger partial charge in [-0.2, -0.15) is 5.10 Å². The first-order valence-corrected chi connectivity index (χ1v) is 4.69. The number of carbonyl (C=O) groups excluding carboxylic acids is 1. The van der Waals surface area contributed by atoms with Crippen LogP contribution in [0.2, 0.25) is 0 Å². The molecule has 1 rings (SSSR count). The van der Waals surface area contributed by atoms with Gasteiger partial charge in [-0.25, -0.2) is 0 Å². The number of benzene rings is 1. The molecule has 78 valence electrons. The monoisotopic (exact) mass is 202 g/mol. The zero-order valence-corrected chi connectivity index (χ0v) is 8.92. The van der Waals surface area contributed by atoms with Gasteiger partial charge in [-0.1, -0.05) is 18.2 Å². The molecule has 3 heteroatoms. The highest BCUT2D eigenvalue weighted by atomic mass is 16.1. The summed E-state index contributed by atoms with van der Waals surface area (Å²) in [6.45, 7) is 1.74. The molecule has 0 aliphatic heterocycles. The molecule has 0 atom stereocenters. The number of para-hydroxylation sites is 1. The minimum atomic E-state index is 0.653. The molecule has 15 heavy (non-hydrogen) atoms. The summed E-state index contributed by atoms with van der Waals surface area (Å²) in [4.78, 5) is 10.3. The van der Waals surface area contributed by atoms with Gasteiger partial charge in [0, 0.05) is 13.3 Å². The summed E-state index contributed by atoms with van der Waals surface area (Å²) < 4.78 is 0. The van der Waals surface area contributed by atoms with E-state index in [2.05, 4.69) is 5.10 Å². The summed E-state index contributed by atoms with van der Waals surface area (Å²) in [7, 11) is 1.86. The van der Waals surface area contributed by atoms with Gasteiger partial charge in [0.15, 0.2) is 0 Å². The molecule has 1 aromatic carbocycles. The van der Waals surface area contributed by atoms with Crippen LogP contribution in [0.4, 0.5) is 5.69 Å². The standard InChI is InChI=1S/C12H14N2O/c1-11(10-15)8-9-13-14(2)12-6-4-3-5-7-12/h3-10H,1-2H3. The van der Waals surface area contributed by atoms with Gasteiger partial charge in [0.25, 0.3) is 0 Å². The Labute approximate surface area is 89.7 Å². The van der Waals surface area contributed by atoms with E-state index in [9.17, 15) is 4.79 Å². The van der Waals surface area contributed by atoms with E-state index in [1.807, 2.05) is 37.4 Å². The predicted molar refractivity (Wildman–Crippen MR) is 63.2 cm³/mol. The fraction of sp³-hybridized carbons (Fsp3) is 0.167. The van der Waals surface area contributed by atoms with Crippen LogP contribution in [0.25, 0.3) is 0 Å². The predicted octanol–water partition coefficient (Wildman–Crippen LogP) is 2.25. The van der Waals surface area contributed by atoms with Crippen molar-refractivity contribution in [3.05, 3.63) is 42.0 Å². The molecule has 0 unspecified atom stereocenters. The van der Waals surface area contributed by atoms with Crippen LogP contribution in [0.15, 0.2) is 47.1 Å². The van der Waals surface area contributed by atoms with Crippen molar-refractivity contribution in [3.8, 4) is 0 Å². The number of carbonyl (C=O) groups is 1. The summed E-state index contributed by atoms with van der Waals surface area (Å²) >= 11 is 0. The highest BCUT2D eigenvalue weighted by molar-refractivity contribution is 5.83. The van der Waals surface area contributed by atoms with Gasteiger partial charge in [-0.3, -0.25) is 9.80 Å². The van der Waals surface area contributed by atoms with E-state index in [1.165, 1.54) is 0 Å². The van der Waals surface area contributed by atoms with Crippen molar-refractivity contribution >= 4 is 18.2 Å². The molecule has 0 aromatic heterocycles. The molecular weight excluding hydrogens is 188 g/mol. The van der Waals surface area contributed by atoms with Crippen LogP contribution in [0.5, 0.6) is 0 Å². The Bertz CT molecular complexity index is 368. The summed E-state index contributed by atoms with van der Waals surface area (Å²) in [5, 5.41) is 5.90. The zero-order chi connectivity index (χ0) is 11.1. The number of hydrogen-bond donors (Lipinski definition) is 0. The lowest BCUT2D eigenvalue weighted by Crippen LogP contribution is -2.07. The van der Waals surface area contributed by atoms with Crippen LogP contribution in [0.1, 0.15) is 6.92 Å². The average molecular weight is 202 g/mol. The van der Waals surface area contributed by atoms with Crippen LogP contribution in [0, 0.1) is 0 Å². The van der Waals surface area contributed by atoms with E-state index in [0.29, 0.717) is 5.57 Å². The molecule has 0 saturated heterocycles. The fourth-order valence-corrected chi connectivity index (χ4v) is 1.00. The van der Waals surface area contributed by atoms with E-state index >= 15 is 0 Å². The van der Waals surface area contributed by atoms with Crippen molar-refractivity contribution in [1.82, 2.24) is 0 Å². The van der Waals surface area contributed by atoms with Gasteiger partial charge in [0.1, 0.15) is 6.29 Å². The molecule has 3 nitrogen and oxygen atoms in total. The van der Waals surface area contributed by atoms with Gasteiger partial charge < -0.3 is 0 Å². The maximum Gasteiger partial charge on any atom is 0.145 e. The minimum Gasteiger partial charge on any atom is -0.298 e. The molecule has 0 aliphatic carbocycles. The highest BCUT2D eigenvalue weighted by Gasteiger charge is 1.93. The Hall–Kier alpha value is -1.90. The Morgan fingerprint density at radius 3 is 2.60 bits per heavy atom. The minimum absolute atomic E-state index is 0.653. The lowest BCUT2D eigenvalue weighted by atomic mass is 10.3. The molecule has 0 heterocycles. The molecule has 1 aromatic rings. The molecule has 0 bridgehead atoms. The second kappa shape index (κ2) is 5.75. The first-order valence-electron chi connectivity index (χ1n) is 4.69. The van der Waals surface area contributed by atoms with Gasteiger partial charge in [-0.15, -0.1) is 0 Å². The quantitative estimate of drug-likeness (QED) is 0.325. The van der Waals surface area contributed by atoms with Gasteiger partial charge in [0.2, 0.25) is 0 Å². The van der Waals surface area contributed by atoms with E-state index in [1.54, 1.807) is 24.2 Å². The van der Waals surface area contributed by atoms with Gasteiger partial charge in [-0.05, 0) is 30.7 Å². The molecular formula is C12H14N2O. The Balaban J connectivity index is 2.64.